The summed E-state index contributed by atoms with van der Waals surface area (Å²) < 4.78 is 0. The number of nitrogens with one attached hydrogen (secondary N) is 1. The zero-order chi connectivity index (χ0) is 11.8. The number of likely N-dealkylation sites (N-methyl/N-ethyl adjacent to an activating group) is 1. The van der Waals surface area contributed by atoms with E-state index in [-0.39, 0.29) is 18.6 Å². The van der Waals surface area contributed by atoms with Crippen molar-refractivity contribution in [3.05, 3.63) is 0 Å². The van der Waals surface area contributed by atoms with Crippen LogP contribution in [0, 0.1) is 0 Å². The Balaban J connectivity index is 4.09. The Morgan fingerprint density at radius 3 is 2.40 bits per heavy atom. The molecule has 5 heteroatoms. The van der Waals surface area contributed by atoms with Gasteiger partial charge in [-0.25, -0.2) is 4.79 Å². The van der Waals surface area contributed by atoms with Gasteiger partial charge in [0.25, 0.3) is 0 Å². The third-order valence-corrected chi connectivity index (χ3v) is 2.09. The van der Waals surface area contributed by atoms with E-state index in [2.05, 4.69) is 5.32 Å². The van der Waals surface area contributed by atoms with Crippen molar-refractivity contribution in [2.45, 2.75) is 39.7 Å². The summed E-state index contributed by atoms with van der Waals surface area (Å²) in [6.07, 6.45) is 1.89. The predicted molar refractivity (Wildman–Crippen MR) is 57.8 cm³/mol. The van der Waals surface area contributed by atoms with Crippen molar-refractivity contribution in [1.82, 2.24) is 10.2 Å². The van der Waals surface area contributed by atoms with Crippen LogP contribution in [-0.2, 0) is 4.79 Å². The van der Waals surface area contributed by atoms with E-state index in [1.54, 1.807) is 6.92 Å². The van der Waals surface area contributed by atoms with Gasteiger partial charge in [-0.15, -0.1) is 0 Å². The van der Waals surface area contributed by atoms with Crippen molar-refractivity contribution in [2.75, 3.05) is 13.1 Å². The van der Waals surface area contributed by atoms with Crippen LogP contribution in [0.4, 0.5) is 4.79 Å². The minimum Gasteiger partial charge on any atom is -0.480 e. The molecule has 1 atom stereocenters. The van der Waals surface area contributed by atoms with E-state index < -0.39 is 5.97 Å². The number of rotatable bonds is 6. The highest BCUT2D eigenvalue weighted by atomic mass is 16.4. The number of amides is 2. The highest BCUT2D eigenvalue weighted by Gasteiger charge is 2.15. The fourth-order valence-electron chi connectivity index (χ4n) is 1.30. The van der Waals surface area contributed by atoms with Crippen LogP contribution in [0.2, 0.25) is 0 Å². The molecular formula is C10H20N2O3. The van der Waals surface area contributed by atoms with Gasteiger partial charge in [0.15, 0.2) is 0 Å². The molecule has 0 heterocycles. The van der Waals surface area contributed by atoms with Crippen molar-refractivity contribution in [1.29, 1.82) is 0 Å². The predicted octanol–water partition coefficient (Wildman–Crippen LogP) is 1.29. The van der Waals surface area contributed by atoms with Gasteiger partial charge in [-0.3, -0.25) is 4.79 Å². The van der Waals surface area contributed by atoms with Crippen molar-refractivity contribution in [3.8, 4) is 0 Å². The molecule has 0 aromatic heterocycles. The van der Waals surface area contributed by atoms with Gasteiger partial charge >= 0.3 is 12.0 Å². The molecule has 0 saturated carbocycles. The maximum atomic E-state index is 11.5. The minimum atomic E-state index is -0.991. The van der Waals surface area contributed by atoms with Gasteiger partial charge in [0, 0.05) is 12.6 Å². The first-order valence-corrected chi connectivity index (χ1v) is 5.28. The van der Waals surface area contributed by atoms with Crippen LogP contribution in [0.5, 0.6) is 0 Å². The second-order valence-corrected chi connectivity index (χ2v) is 3.55. The Labute approximate surface area is 90.5 Å². The minimum absolute atomic E-state index is 0.0883. The third-order valence-electron chi connectivity index (χ3n) is 2.09. The zero-order valence-corrected chi connectivity index (χ0v) is 9.62. The van der Waals surface area contributed by atoms with Crippen LogP contribution in [-0.4, -0.2) is 41.1 Å². The van der Waals surface area contributed by atoms with Gasteiger partial charge in [0.2, 0.25) is 0 Å². The van der Waals surface area contributed by atoms with E-state index in [1.165, 1.54) is 4.90 Å². The van der Waals surface area contributed by atoms with Crippen molar-refractivity contribution < 1.29 is 14.7 Å². The summed E-state index contributed by atoms with van der Waals surface area (Å²) in [7, 11) is 0. The summed E-state index contributed by atoms with van der Waals surface area (Å²) in [5.41, 5.74) is 0. The maximum absolute atomic E-state index is 11.5. The quantitative estimate of drug-likeness (QED) is 0.703. The molecule has 88 valence electrons. The summed E-state index contributed by atoms with van der Waals surface area (Å²) in [5.74, 6) is -0.991. The van der Waals surface area contributed by atoms with Crippen molar-refractivity contribution in [2.24, 2.45) is 0 Å². The molecule has 2 N–H and O–H groups in total. The summed E-state index contributed by atoms with van der Waals surface area (Å²) in [6, 6.07) is -0.216. The molecule has 1 unspecified atom stereocenters. The number of carboxylic acid groups (broad SMARTS) is 1. The molecule has 0 aliphatic carbocycles. The molecule has 5 nitrogen and oxygen atoms in total. The number of nitrogens with zero attached hydrogens (tertiary/aromatic N) is 1. The molecule has 0 aliphatic heterocycles. The van der Waals surface area contributed by atoms with E-state index in [4.69, 9.17) is 5.11 Å². The lowest BCUT2D eigenvalue weighted by Crippen LogP contribution is -2.45. The van der Waals surface area contributed by atoms with Gasteiger partial charge in [-0.05, 0) is 20.3 Å². The lowest BCUT2D eigenvalue weighted by molar-refractivity contribution is -0.137. The highest BCUT2D eigenvalue weighted by molar-refractivity contribution is 5.80. The number of hydrogen-bond donors (Lipinski definition) is 2. The fraction of sp³-hybridized carbons (Fsp3) is 0.800. The second kappa shape index (κ2) is 7.09. The second-order valence-electron chi connectivity index (χ2n) is 3.55. The number of carboxylic acids is 1. The molecule has 0 aromatic carbocycles. The topological polar surface area (TPSA) is 69.6 Å². The largest absolute Gasteiger partial charge is 0.480 e. The summed E-state index contributed by atoms with van der Waals surface area (Å²) in [5, 5.41) is 11.3. The van der Waals surface area contributed by atoms with Gasteiger partial charge in [-0.2, -0.15) is 0 Å². The Kier molecular flexibility index (Phi) is 6.49. The molecule has 15 heavy (non-hydrogen) atoms. The number of carbonyl (C=O) groups excluding carboxylic acids is 1. The Morgan fingerprint density at radius 1 is 1.40 bits per heavy atom. The Morgan fingerprint density at radius 2 is 2.00 bits per heavy atom. The number of urea groups is 1. The molecular weight excluding hydrogens is 196 g/mol. The van der Waals surface area contributed by atoms with Crippen LogP contribution >= 0.6 is 0 Å². The number of hydrogen-bond acceptors (Lipinski definition) is 2. The molecule has 0 aliphatic rings. The van der Waals surface area contributed by atoms with Crippen LogP contribution in [0.25, 0.3) is 0 Å². The van der Waals surface area contributed by atoms with Crippen molar-refractivity contribution in [3.63, 3.8) is 0 Å². The van der Waals surface area contributed by atoms with Gasteiger partial charge in [0.05, 0.1) is 0 Å². The van der Waals surface area contributed by atoms with Crippen molar-refractivity contribution >= 4 is 12.0 Å². The first-order valence-electron chi connectivity index (χ1n) is 5.28. The fourth-order valence-corrected chi connectivity index (χ4v) is 1.30. The van der Waals surface area contributed by atoms with Crippen LogP contribution < -0.4 is 5.32 Å². The normalized spacial score (nSPS) is 11.9. The third kappa shape index (κ3) is 5.93. The number of carbonyl (C=O) groups is 2. The maximum Gasteiger partial charge on any atom is 0.323 e. The van der Waals surface area contributed by atoms with E-state index in [0.717, 1.165) is 12.8 Å². The molecule has 0 bridgehead atoms. The summed E-state index contributed by atoms with van der Waals surface area (Å²) in [4.78, 5) is 23.3. The monoisotopic (exact) mass is 216 g/mol. The average molecular weight is 216 g/mol. The van der Waals surface area contributed by atoms with Gasteiger partial charge in [-0.1, -0.05) is 13.3 Å². The lowest BCUT2D eigenvalue weighted by Gasteiger charge is -2.22. The average Bonchev–Trinajstić information content (AvgIpc) is 2.13. The lowest BCUT2D eigenvalue weighted by atomic mass is 10.2. The standard InChI is InChI=1S/C10H20N2O3/c1-4-6-8(3)11-10(15)12(5-2)7-9(13)14/h8H,4-7H2,1-3H3,(H,11,15)(H,13,14). The van der Waals surface area contributed by atoms with E-state index in [0.29, 0.717) is 6.54 Å². The zero-order valence-electron chi connectivity index (χ0n) is 9.62. The Hall–Kier alpha value is -1.26. The van der Waals surface area contributed by atoms with E-state index >= 15 is 0 Å². The molecule has 2 amide bonds. The molecule has 0 saturated heterocycles. The summed E-state index contributed by atoms with van der Waals surface area (Å²) in [6.45, 7) is 5.86. The van der Waals surface area contributed by atoms with Crippen LogP contribution in [0.15, 0.2) is 0 Å². The van der Waals surface area contributed by atoms with Crippen LogP contribution in [0.3, 0.4) is 0 Å². The first-order chi connectivity index (χ1) is 7.01. The van der Waals surface area contributed by atoms with Gasteiger partial charge in [0.1, 0.15) is 6.54 Å². The molecule has 0 fully saturated rings. The molecule has 0 rings (SSSR count). The SMILES string of the molecule is CCCC(C)NC(=O)N(CC)CC(=O)O. The highest BCUT2D eigenvalue weighted by Crippen LogP contribution is 1.97. The van der Waals surface area contributed by atoms with E-state index in [9.17, 15) is 9.59 Å². The van der Waals surface area contributed by atoms with Crippen LogP contribution in [0.1, 0.15) is 33.6 Å². The van der Waals surface area contributed by atoms with Gasteiger partial charge < -0.3 is 15.3 Å². The first kappa shape index (κ1) is 13.7. The summed E-state index contributed by atoms with van der Waals surface area (Å²) >= 11 is 0. The smallest absolute Gasteiger partial charge is 0.323 e. The molecule has 0 spiro atoms. The molecule has 0 radical (unpaired) electrons. The van der Waals surface area contributed by atoms with E-state index in [1.807, 2.05) is 13.8 Å². The Bertz CT molecular complexity index is 219. The molecule has 0 aromatic rings. The number of aliphatic carboxylic acids is 1.